The maximum Gasteiger partial charge on any atom is 0.262 e. The molecule has 1 aliphatic heterocycles. The lowest BCUT2D eigenvalue weighted by molar-refractivity contribution is -0.132. The minimum Gasteiger partial charge on any atom is -0.341 e. The highest BCUT2D eigenvalue weighted by molar-refractivity contribution is 7.22. The van der Waals surface area contributed by atoms with Gasteiger partial charge in [0.25, 0.3) is 5.56 Å². The van der Waals surface area contributed by atoms with E-state index in [0.29, 0.717) is 5.39 Å². The van der Waals surface area contributed by atoms with Crippen LogP contribution in [0.5, 0.6) is 0 Å². The van der Waals surface area contributed by atoms with Crippen LogP contribution < -0.4 is 5.56 Å². The first-order valence-electron chi connectivity index (χ1n) is 8.97. The fourth-order valence-corrected chi connectivity index (χ4v) is 4.67. The standard InChI is InChI=1S/C20H21N3O2S/c1-14-17-19(26-18(14)15-8-4-2-5-9-15)21-13-23(20(17)25)12-16(24)22-10-6-3-7-11-22/h2,4-5,8-9,13H,3,6-7,10-12H2,1H3. The van der Waals surface area contributed by atoms with Crippen LogP contribution in [0.2, 0.25) is 0 Å². The average Bonchev–Trinajstić information content (AvgIpc) is 3.02. The Balaban J connectivity index is 1.70. The van der Waals surface area contributed by atoms with Crippen molar-refractivity contribution >= 4 is 27.5 Å². The van der Waals surface area contributed by atoms with Crippen molar-refractivity contribution in [3.8, 4) is 10.4 Å². The number of likely N-dealkylation sites (tertiary alicyclic amines) is 1. The van der Waals surface area contributed by atoms with Gasteiger partial charge in [0.05, 0.1) is 11.7 Å². The van der Waals surface area contributed by atoms with Gasteiger partial charge in [0.15, 0.2) is 0 Å². The van der Waals surface area contributed by atoms with Crippen molar-refractivity contribution < 1.29 is 4.79 Å². The first-order chi connectivity index (χ1) is 12.6. The van der Waals surface area contributed by atoms with Crippen LogP contribution in [0.25, 0.3) is 20.7 Å². The molecule has 3 aromatic rings. The zero-order valence-electron chi connectivity index (χ0n) is 14.8. The SMILES string of the molecule is Cc1c(-c2ccccc2)sc2ncn(CC(=O)N3CCCCC3)c(=O)c12. The molecule has 1 saturated heterocycles. The van der Waals surface area contributed by atoms with Crippen LogP contribution in [0.15, 0.2) is 41.5 Å². The summed E-state index contributed by atoms with van der Waals surface area (Å²) >= 11 is 1.53. The van der Waals surface area contributed by atoms with Gasteiger partial charge in [-0.3, -0.25) is 14.2 Å². The van der Waals surface area contributed by atoms with Gasteiger partial charge in [0.1, 0.15) is 11.4 Å². The van der Waals surface area contributed by atoms with Crippen molar-refractivity contribution in [1.29, 1.82) is 0 Å². The molecule has 0 spiro atoms. The Morgan fingerprint density at radius 3 is 2.62 bits per heavy atom. The van der Waals surface area contributed by atoms with Crippen molar-refractivity contribution in [2.24, 2.45) is 0 Å². The summed E-state index contributed by atoms with van der Waals surface area (Å²) < 4.78 is 1.45. The van der Waals surface area contributed by atoms with E-state index in [4.69, 9.17) is 0 Å². The van der Waals surface area contributed by atoms with Crippen molar-refractivity contribution in [1.82, 2.24) is 14.5 Å². The van der Waals surface area contributed by atoms with Crippen molar-refractivity contribution in [3.05, 3.63) is 52.6 Å². The molecule has 0 unspecified atom stereocenters. The monoisotopic (exact) mass is 367 g/mol. The maximum absolute atomic E-state index is 13.0. The molecule has 26 heavy (non-hydrogen) atoms. The number of hydrogen-bond acceptors (Lipinski definition) is 4. The predicted molar refractivity (Wildman–Crippen MR) is 104 cm³/mol. The molecule has 0 saturated carbocycles. The fraction of sp³-hybridized carbons (Fsp3) is 0.350. The molecule has 6 heteroatoms. The molecule has 1 amide bonds. The van der Waals surface area contributed by atoms with Crippen LogP contribution in [0.1, 0.15) is 24.8 Å². The van der Waals surface area contributed by atoms with Crippen LogP contribution in [0.4, 0.5) is 0 Å². The minimum absolute atomic E-state index is 0.00381. The number of carbonyl (C=O) groups excluding carboxylic acids is 1. The van der Waals surface area contributed by atoms with Gasteiger partial charge in [0.2, 0.25) is 5.91 Å². The number of rotatable bonds is 3. The van der Waals surface area contributed by atoms with Gasteiger partial charge in [-0.25, -0.2) is 4.98 Å². The van der Waals surface area contributed by atoms with E-state index in [1.54, 1.807) is 0 Å². The zero-order chi connectivity index (χ0) is 18.1. The van der Waals surface area contributed by atoms with Crippen LogP contribution in [0, 0.1) is 6.92 Å². The molecule has 5 nitrogen and oxygen atoms in total. The van der Waals surface area contributed by atoms with E-state index in [-0.39, 0.29) is 18.0 Å². The van der Waals surface area contributed by atoms with E-state index in [1.165, 1.54) is 28.7 Å². The predicted octanol–water partition coefficient (Wildman–Crippen LogP) is 3.45. The van der Waals surface area contributed by atoms with Crippen LogP contribution >= 0.6 is 11.3 Å². The number of amides is 1. The fourth-order valence-electron chi connectivity index (χ4n) is 3.53. The third-order valence-corrected chi connectivity index (χ3v) is 6.22. The highest BCUT2D eigenvalue weighted by Crippen LogP contribution is 2.35. The first-order valence-corrected chi connectivity index (χ1v) is 9.78. The third kappa shape index (κ3) is 3.05. The first kappa shape index (κ1) is 17.0. The van der Waals surface area contributed by atoms with E-state index in [2.05, 4.69) is 4.98 Å². The lowest BCUT2D eigenvalue weighted by Gasteiger charge is -2.26. The summed E-state index contributed by atoms with van der Waals surface area (Å²) in [6, 6.07) is 10.0. The Labute approximate surface area is 155 Å². The number of carbonyl (C=O) groups is 1. The van der Waals surface area contributed by atoms with Crippen LogP contribution in [-0.2, 0) is 11.3 Å². The lowest BCUT2D eigenvalue weighted by atomic mass is 10.1. The Bertz CT molecular complexity index is 1000. The lowest BCUT2D eigenvalue weighted by Crippen LogP contribution is -2.39. The number of fused-ring (bicyclic) bond motifs is 1. The molecule has 3 heterocycles. The smallest absolute Gasteiger partial charge is 0.262 e. The molecule has 1 fully saturated rings. The van der Waals surface area contributed by atoms with E-state index >= 15 is 0 Å². The Kier molecular flexibility index (Phi) is 4.59. The number of piperidine rings is 1. The molecule has 134 valence electrons. The van der Waals surface area contributed by atoms with E-state index in [0.717, 1.165) is 46.8 Å². The quantitative estimate of drug-likeness (QED) is 0.712. The van der Waals surface area contributed by atoms with Gasteiger partial charge in [-0.2, -0.15) is 0 Å². The average molecular weight is 367 g/mol. The number of aromatic nitrogens is 2. The van der Waals surface area contributed by atoms with Crippen molar-refractivity contribution in [3.63, 3.8) is 0 Å². The molecule has 0 aliphatic carbocycles. The molecule has 0 atom stereocenters. The molecule has 0 N–H and O–H groups in total. The van der Waals surface area contributed by atoms with Gasteiger partial charge >= 0.3 is 0 Å². The second-order valence-electron chi connectivity index (χ2n) is 6.72. The maximum atomic E-state index is 13.0. The molecule has 1 aliphatic rings. The van der Waals surface area contributed by atoms with E-state index in [9.17, 15) is 9.59 Å². The summed E-state index contributed by atoms with van der Waals surface area (Å²) in [7, 11) is 0. The van der Waals surface area contributed by atoms with Gasteiger partial charge in [-0.05, 0) is 37.3 Å². The molecule has 0 bridgehead atoms. The van der Waals surface area contributed by atoms with Crippen molar-refractivity contribution in [2.45, 2.75) is 32.7 Å². The third-order valence-electron chi connectivity index (χ3n) is 4.97. The van der Waals surface area contributed by atoms with E-state index < -0.39 is 0 Å². The van der Waals surface area contributed by atoms with Crippen LogP contribution in [0.3, 0.4) is 0 Å². The van der Waals surface area contributed by atoms with Gasteiger partial charge in [0, 0.05) is 18.0 Å². The highest BCUT2D eigenvalue weighted by Gasteiger charge is 2.20. The van der Waals surface area contributed by atoms with Gasteiger partial charge in [-0.15, -0.1) is 11.3 Å². The number of thiophene rings is 1. The topological polar surface area (TPSA) is 55.2 Å². The molecular weight excluding hydrogens is 346 g/mol. The second-order valence-corrected chi connectivity index (χ2v) is 7.72. The molecular formula is C20H21N3O2S. The summed E-state index contributed by atoms with van der Waals surface area (Å²) in [6.45, 7) is 3.61. The van der Waals surface area contributed by atoms with Gasteiger partial charge < -0.3 is 4.90 Å². The molecule has 0 radical (unpaired) electrons. The van der Waals surface area contributed by atoms with Crippen LogP contribution in [-0.4, -0.2) is 33.4 Å². The summed E-state index contributed by atoms with van der Waals surface area (Å²) in [6.07, 6.45) is 4.77. The Morgan fingerprint density at radius 2 is 1.88 bits per heavy atom. The summed E-state index contributed by atoms with van der Waals surface area (Å²) in [5, 5.41) is 0.628. The Hall–Kier alpha value is -2.47. The van der Waals surface area contributed by atoms with Gasteiger partial charge in [-0.1, -0.05) is 30.3 Å². The number of benzene rings is 1. The largest absolute Gasteiger partial charge is 0.341 e. The molecule has 1 aromatic carbocycles. The number of hydrogen-bond donors (Lipinski definition) is 0. The molecule has 4 rings (SSSR count). The van der Waals surface area contributed by atoms with Crippen molar-refractivity contribution in [2.75, 3.05) is 13.1 Å². The second kappa shape index (κ2) is 7.03. The zero-order valence-corrected chi connectivity index (χ0v) is 15.6. The van der Waals surface area contributed by atoms with E-state index in [1.807, 2.05) is 42.2 Å². The summed E-state index contributed by atoms with van der Waals surface area (Å²) in [5.74, 6) is 0.00381. The number of nitrogens with zero attached hydrogens (tertiary/aromatic N) is 3. The molecule has 2 aromatic heterocycles. The minimum atomic E-state index is -0.128. The normalized spacial score (nSPS) is 14.7. The number of aryl methyl sites for hydroxylation is 1. The summed E-state index contributed by atoms with van der Waals surface area (Å²) in [4.78, 5) is 33.6. The highest BCUT2D eigenvalue weighted by atomic mass is 32.1. The Morgan fingerprint density at radius 1 is 1.15 bits per heavy atom. The summed E-state index contributed by atoms with van der Waals surface area (Å²) in [5.41, 5.74) is 1.90.